The summed E-state index contributed by atoms with van der Waals surface area (Å²) in [5.41, 5.74) is 1.18. The van der Waals surface area contributed by atoms with Gasteiger partial charge in [0, 0.05) is 18.3 Å². The maximum Gasteiger partial charge on any atom is 0.284 e. The number of nitrogens with one attached hydrogen (secondary N) is 1. The number of hydrogen-bond donors (Lipinski definition) is 1. The van der Waals surface area contributed by atoms with Crippen LogP contribution in [0, 0.1) is 0 Å². The third kappa shape index (κ3) is 4.24. The molecule has 1 aromatic carbocycles. The summed E-state index contributed by atoms with van der Waals surface area (Å²) in [5, 5.41) is 2.91. The molecule has 0 atom stereocenters. The molecular weight excluding hydrogens is 356 g/mol. The summed E-state index contributed by atoms with van der Waals surface area (Å²) in [6.45, 7) is 2.83. The number of imide groups is 1. The number of hydrogen-bond acceptors (Lipinski definition) is 5. The van der Waals surface area contributed by atoms with Crippen molar-refractivity contribution in [3.05, 3.63) is 53.6 Å². The Kier molecular flexibility index (Phi) is 6.47. The zero-order chi connectivity index (χ0) is 19.9. The van der Waals surface area contributed by atoms with Crippen LogP contribution in [0.15, 0.2) is 36.8 Å². The van der Waals surface area contributed by atoms with Crippen LogP contribution in [0.3, 0.4) is 0 Å². The van der Waals surface area contributed by atoms with E-state index in [-0.39, 0.29) is 17.2 Å². The van der Waals surface area contributed by atoms with Crippen molar-refractivity contribution >= 4 is 23.4 Å². The van der Waals surface area contributed by atoms with Gasteiger partial charge in [-0.15, -0.1) is 0 Å². The number of carbonyl (C=O) groups is 3. The van der Waals surface area contributed by atoms with Gasteiger partial charge in [-0.1, -0.05) is 39.0 Å². The maximum atomic E-state index is 12.4. The highest BCUT2D eigenvalue weighted by atomic mass is 16.2. The highest BCUT2D eigenvalue weighted by Crippen LogP contribution is 2.26. The number of unbranched alkanes of at least 4 members (excludes halogenated alkanes) is 5. The van der Waals surface area contributed by atoms with Crippen LogP contribution in [-0.2, 0) is 0 Å². The van der Waals surface area contributed by atoms with Gasteiger partial charge in [0.15, 0.2) is 0 Å². The van der Waals surface area contributed by atoms with E-state index in [9.17, 15) is 14.4 Å². The van der Waals surface area contributed by atoms with Gasteiger partial charge in [-0.2, -0.15) is 0 Å². The Morgan fingerprint density at radius 3 is 2.43 bits per heavy atom. The Morgan fingerprint density at radius 2 is 1.71 bits per heavy atom. The Labute approximate surface area is 164 Å². The van der Waals surface area contributed by atoms with Crippen molar-refractivity contribution in [3.8, 4) is 0 Å². The van der Waals surface area contributed by atoms with Crippen LogP contribution in [0.25, 0.3) is 0 Å². The number of amides is 3. The predicted octanol–water partition coefficient (Wildman–Crippen LogP) is 3.37. The van der Waals surface area contributed by atoms with Gasteiger partial charge < -0.3 is 5.32 Å². The van der Waals surface area contributed by atoms with Gasteiger partial charge in [-0.3, -0.25) is 14.4 Å². The average molecular weight is 380 g/mol. The van der Waals surface area contributed by atoms with Crippen LogP contribution in [0.5, 0.6) is 0 Å². The van der Waals surface area contributed by atoms with Crippen LogP contribution in [-0.4, -0.2) is 34.2 Å². The molecule has 1 aliphatic rings. The molecule has 7 heteroatoms. The van der Waals surface area contributed by atoms with Gasteiger partial charge in [0.25, 0.3) is 17.7 Å². The molecule has 0 bridgehead atoms. The largest absolute Gasteiger partial charge is 0.352 e. The number of nitrogens with zero attached hydrogens (tertiary/aromatic N) is 3. The fraction of sp³-hybridized carbons (Fsp3) is 0.381. The molecule has 0 saturated carbocycles. The molecule has 0 aliphatic carbocycles. The highest BCUT2D eigenvalue weighted by molar-refractivity contribution is 6.33. The molecule has 0 unspecified atom stereocenters. The van der Waals surface area contributed by atoms with Crippen LogP contribution in [0.2, 0.25) is 0 Å². The maximum absolute atomic E-state index is 12.4. The lowest BCUT2D eigenvalue weighted by Gasteiger charge is -2.14. The molecule has 2 aromatic rings. The molecule has 7 nitrogen and oxygen atoms in total. The smallest absolute Gasteiger partial charge is 0.284 e. The Morgan fingerprint density at radius 1 is 1.00 bits per heavy atom. The van der Waals surface area contributed by atoms with Crippen molar-refractivity contribution < 1.29 is 14.4 Å². The highest BCUT2D eigenvalue weighted by Gasteiger charge is 2.38. The molecule has 146 valence electrons. The minimum Gasteiger partial charge on any atom is -0.352 e. The van der Waals surface area contributed by atoms with Crippen LogP contribution < -0.4 is 10.2 Å². The first kappa shape index (κ1) is 19.7. The summed E-state index contributed by atoms with van der Waals surface area (Å²) in [7, 11) is 0. The van der Waals surface area contributed by atoms with E-state index in [2.05, 4.69) is 22.2 Å². The molecule has 1 N–H and O–H groups in total. The Hall–Kier alpha value is -3.09. The van der Waals surface area contributed by atoms with Gasteiger partial charge >= 0.3 is 0 Å². The van der Waals surface area contributed by atoms with Crippen LogP contribution in [0.4, 0.5) is 5.69 Å². The lowest BCUT2D eigenvalue weighted by atomic mass is 10.1. The fourth-order valence-corrected chi connectivity index (χ4v) is 3.18. The molecule has 3 amide bonds. The number of benzene rings is 1. The molecule has 28 heavy (non-hydrogen) atoms. The van der Waals surface area contributed by atoms with E-state index in [4.69, 9.17) is 0 Å². The van der Waals surface area contributed by atoms with E-state index < -0.39 is 11.8 Å². The van der Waals surface area contributed by atoms with Gasteiger partial charge in [0.05, 0.1) is 11.3 Å². The van der Waals surface area contributed by atoms with Crippen molar-refractivity contribution in [2.24, 2.45) is 0 Å². The summed E-state index contributed by atoms with van der Waals surface area (Å²) < 4.78 is 0. The zero-order valence-electron chi connectivity index (χ0n) is 16.0. The minimum absolute atomic E-state index is 0.0979. The van der Waals surface area contributed by atoms with E-state index in [1.54, 1.807) is 24.3 Å². The second kappa shape index (κ2) is 9.21. The van der Waals surface area contributed by atoms with Gasteiger partial charge in [0.2, 0.25) is 0 Å². The Balaban J connectivity index is 1.55. The SMILES string of the molecule is CCCCCCCCNC(=O)c1ccc(N2C(=O)c3cncnc3C2=O)cc1. The van der Waals surface area contributed by atoms with Gasteiger partial charge in [-0.25, -0.2) is 14.9 Å². The molecule has 1 aromatic heterocycles. The van der Waals surface area contributed by atoms with Crippen molar-refractivity contribution in [2.45, 2.75) is 45.4 Å². The quantitative estimate of drug-likeness (QED) is 0.532. The average Bonchev–Trinajstić information content (AvgIpc) is 2.98. The van der Waals surface area contributed by atoms with E-state index in [0.29, 0.717) is 17.8 Å². The van der Waals surface area contributed by atoms with E-state index in [1.165, 1.54) is 38.2 Å². The second-order valence-electron chi connectivity index (χ2n) is 6.80. The Bertz CT molecular complexity index is 829. The third-order valence-electron chi connectivity index (χ3n) is 4.76. The number of aromatic nitrogens is 2. The molecular formula is C21H24N4O3. The van der Waals surface area contributed by atoms with E-state index in [1.807, 2.05) is 0 Å². The summed E-state index contributed by atoms with van der Waals surface area (Å²) >= 11 is 0. The summed E-state index contributed by atoms with van der Waals surface area (Å²) in [6.07, 6.45) is 9.58. The molecule has 1 aliphatic heterocycles. The standard InChI is InChI=1S/C21H24N4O3/c1-2-3-4-5-6-7-12-23-19(26)15-8-10-16(11-9-15)25-20(27)17-13-22-14-24-18(17)21(25)28/h8-11,13-14H,2-7,12H2,1H3,(H,23,26). The lowest BCUT2D eigenvalue weighted by molar-refractivity contribution is 0.0922. The van der Waals surface area contributed by atoms with Crippen LogP contribution >= 0.6 is 0 Å². The first-order valence-corrected chi connectivity index (χ1v) is 9.70. The normalized spacial score (nSPS) is 13.0. The third-order valence-corrected chi connectivity index (χ3v) is 4.76. The first-order valence-electron chi connectivity index (χ1n) is 9.70. The van der Waals surface area contributed by atoms with E-state index >= 15 is 0 Å². The number of rotatable bonds is 9. The monoisotopic (exact) mass is 380 g/mol. The van der Waals surface area contributed by atoms with Crippen LogP contribution in [0.1, 0.15) is 76.7 Å². The lowest BCUT2D eigenvalue weighted by Crippen LogP contribution is -2.29. The fourth-order valence-electron chi connectivity index (χ4n) is 3.18. The first-order chi connectivity index (χ1) is 13.6. The predicted molar refractivity (Wildman–Crippen MR) is 105 cm³/mol. The number of carbonyl (C=O) groups excluding carboxylic acids is 3. The molecule has 0 radical (unpaired) electrons. The number of fused-ring (bicyclic) bond motifs is 1. The zero-order valence-corrected chi connectivity index (χ0v) is 16.0. The van der Waals surface area contributed by atoms with Crippen molar-refractivity contribution in [1.82, 2.24) is 15.3 Å². The number of anilines is 1. The van der Waals surface area contributed by atoms with Gasteiger partial charge in [0.1, 0.15) is 12.0 Å². The van der Waals surface area contributed by atoms with Gasteiger partial charge in [-0.05, 0) is 30.7 Å². The minimum atomic E-state index is -0.484. The summed E-state index contributed by atoms with van der Waals surface area (Å²) in [5.74, 6) is -1.10. The second-order valence-corrected chi connectivity index (χ2v) is 6.80. The van der Waals surface area contributed by atoms with Crippen molar-refractivity contribution in [1.29, 1.82) is 0 Å². The summed E-state index contributed by atoms with van der Waals surface area (Å²) in [6, 6.07) is 6.41. The molecule has 0 saturated heterocycles. The summed E-state index contributed by atoms with van der Waals surface area (Å²) in [4.78, 5) is 45.9. The molecule has 0 fully saturated rings. The molecule has 0 spiro atoms. The molecule has 2 heterocycles. The molecule has 3 rings (SSSR count). The van der Waals surface area contributed by atoms with E-state index in [0.717, 1.165) is 17.7 Å². The topological polar surface area (TPSA) is 92.3 Å². The van der Waals surface area contributed by atoms with Crippen molar-refractivity contribution in [3.63, 3.8) is 0 Å². The van der Waals surface area contributed by atoms with Crippen molar-refractivity contribution in [2.75, 3.05) is 11.4 Å².